The van der Waals surface area contributed by atoms with Crippen LogP contribution in [0.25, 0.3) is 0 Å². The molecule has 3 heterocycles. The predicted molar refractivity (Wildman–Crippen MR) is 107 cm³/mol. The third kappa shape index (κ3) is 4.10. The van der Waals surface area contributed by atoms with Gasteiger partial charge in [-0.3, -0.25) is 0 Å². The van der Waals surface area contributed by atoms with Crippen molar-refractivity contribution in [2.45, 2.75) is 63.7 Å². The summed E-state index contributed by atoms with van der Waals surface area (Å²) in [6, 6.07) is 13.9. The smallest absolute Gasteiger partial charge is 0.319 e. The molecule has 0 unspecified atom stereocenters. The van der Waals surface area contributed by atoms with Crippen LogP contribution in [-0.2, 0) is 6.54 Å². The van der Waals surface area contributed by atoms with Gasteiger partial charge in [-0.15, -0.1) is 11.3 Å². The van der Waals surface area contributed by atoms with Crippen LogP contribution in [0, 0.1) is 6.92 Å². The Hall–Kier alpha value is -1.85. The second-order valence-corrected chi connectivity index (χ2v) is 8.82. The summed E-state index contributed by atoms with van der Waals surface area (Å²) in [4.78, 5) is 15.6. The van der Waals surface area contributed by atoms with E-state index in [-0.39, 0.29) is 6.03 Å². The van der Waals surface area contributed by atoms with Crippen LogP contribution in [0.3, 0.4) is 0 Å². The van der Waals surface area contributed by atoms with Gasteiger partial charge in [0.1, 0.15) is 6.54 Å². The number of amides is 2. The number of anilines is 1. The SMILES string of the molecule is Cc1ccc(NC(=O)NC2C[C@H]3CCC[C@H](C2)[NH+]3Cc2cccs2)cc1. The van der Waals surface area contributed by atoms with Crippen LogP contribution >= 0.6 is 11.3 Å². The molecule has 2 aliphatic rings. The van der Waals surface area contributed by atoms with Crippen molar-refractivity contribution in [1.29, 1.82) is 0 Å². The highest BCUT2D eigenvalue weighted by molar-refractivity contribution is 7.09. The van der Waals surface area contributed by atoms with Crippen LogP contribution < -0.4 is 15.5 Å². The lowest BCUT2D eigenvalue weighted by molar-refractivity contribution is -0.973. The summed E-state index contributed by atoms with van der Waals surface area (Å²) in [6.07, 6.45) is 6.10. The number of thiophene rings is 1. The van der Waals surface area contributed by atoms with Crippen molar-refractivity contribution in [3.05, 3.63) is 52.2 Å². The molecule has 1 aromatic carbocycles. The van der Waals surface area contributed by atoms with Crippen LogP contribution in [0.1, 0.15) is 42.5 Å². The predicted octanol–water partition coefficient (Wildman–Crippen LogP) is 3.35. The second-order valence-electron chi connectivity index (χ2n) is 7.79. The van der Waals surface area contributed by atoms with Crippen molar-refractivity contribution >= 4 is 23.1 Å². The van der Waals surface area contributed by atoms with E-state index in [1.807, 2.05) is 35.6 Å². The Morgan fingerprint density at radius 3 is 2.54 bits per heavy atom. The Morgan fingerprint density at radius 1 is 1.15 bits per heavy atom. The number of hydrogen-bond acceptors (Lipinski definition) is 2. The number of rotatable bonds is 4. The maximum Gasteiger partial charge on any atom is 0.319 e. The van der Waals surface area contributed by atoms with E-state index < -0.39 is 0 Å². The molecule has 5 heteroatoms. The number of carbonyl (C=O) groups is 1. The van der Waals surface area contributed by atoms with E-state index in [2.05, 4.69) is 35.1 Å². The van der Waals surface area contributed by atoms with Crippen molar-refractivity contribution in [1.82, 2.24) is 5.32 Å². The number of piperidine rings is 2. The van der Waals surface area contributed by atoms with Gasteiger partial charge in [0.25, 0.3) is 0 Å². The molecule has 2 bridgehead atoms. The number of quaternary nitrogens is 1. The van der Waals surface area contributed by atoms with Gasteiger partial charge in [-0.05, 0) is 49.8 Å². The van der Waals surface area contributed by atoms with Crippen LogP contribution in [0.4, 0.5) is 10.5 Å². The molecule has 2 aliphatic heterocycles. The fourth-order valence-corrected chi connectivity index (χ4v) is 5.39. The molecule has 1 aromatic heterocycles. The quantitative estimate of drug-likeness (QED) is 0.759. The molecule has 2 aromatic rings. The Bertz CT molecular complexity index is 714. The van der Waals surface area contributed by atoms with E-state index >= 15 is 0 Å². The highest BCUT2D eigenvalue weighted by Crippen LogP contribution is 2.23. The third-order valence-electron chi connectivity index (χ3n) is 5.90. The van der Waals surface area contributed by atoms with Gasteiger partial charge in [0.05, 0.1) is 17.0 Å². The van der Waals surface area contributed by atoms with Gasteiger partial charge in [0.2, 0.25) is 0 Å². The Kier molecular flexibility index (Phi) is 5.27. The molecule has 4 rings (SSSR count). The fourth-order valence-electron chi connectivity index (χ4n) is 4.65. The summed E-state index contributed by atoms with van der Waals surface area (Å²) in [6.45, 7) is 3.20. The normalized spacial score (nSPS) is 27.7. The highest BCUT2D eigenvalue weighted by atomic mass is 32.1. The minimum absolute atomic E-state index is 0.0707. The van der Waals surface area contributed by atoms with Crippen molar-refractivity contribution in [3.8, 4) is 0 Å². The Morgan fingerprint density at radius 2 is 1.88 bits per heavy atom. The minimum atomic E-state index is -0.0707. The van der Waals surface area contributed by atoms with Gasteiger partial charge >= 0.3 is 6.03 Å². The molecule has 2 fully saturated rings. The summed E-state index contributed by atoms with van der Waals surface area (Å²) in [7, 11) is 0. The standard InChI is InChI=1S/C21H27N3OS/c1-15-7-9-16(10-8-15)22-21(25)23-17-12-18-4-2-5-19(13-17)24(18)14-20-6-3-11-26-20/h3,6-11,17-19H,2,4-5,12-14H2,1H3,(H2,22,23,25)/p+1/t18-,19-/m1/s1. The van der Waals surface area contributed by atoms with Crippen molar-refractivity contribution < 1.29 is 9.69 Å². The molecule has 0 aliphatic carbocycles. The van der Waals surface area contributed by atoms with Crippen LogP contribution in [0.15, 0.2) is 41.8 Å². The molecule has 0 saturated carbocycles. The maximum absolute atomic E-state index is 12.4. The average molecular weight is 371 g/mol. The lowest BCUT2D eigenvalue weighted by Crippen LogP contribution is -3.20. The molecule has 2 saturated heterocycles. The zero-order valence-corrected chi connectivity index (χ0v) is 16.1. The summed E-state index contributed by atoms with van der Waals surface area (Å²) in [5.74, 6) is 0. The lowest BCUT2D eigenvalue weighted by atomic mass is 9.81. The molecule has 0 radical (unpaired) electrons. The van der Waals surface area contributed by atoms with Crippen LogP contribution in [0.2, 0.25) is 0 Å². The first-order chi connectivity index (χ1) is 12.7. The molecule has 2 amide bonds. The van der Waals surface area contributed by atoms with Crippen LogP contribution in [0.5, 0.6) is 0 Å². The lowest BCUT2D eigenvalue weighted by Gasteiger charge is -2.45. The largest absolute Gasteiger partial charge is 0.335 e. The third-order valence-corrected chi connectivity index (χ3v) is 6.77. The summed E-state index contributed by atoms with van der Waals surface area (Å²) in [5, 5.41) is 8.38. The first-order valence-corrected chi connectivity index (χ1v) is 10.6. The van der Waals surface area contributed by atoms with Crippen molar-refractivity contribution in [2.75, 3.05) is 5.32 Å². The van der Waals surface area contributed by atoms with Gasteiger partial charge in [-0.1, -0.05) is 23.8 Å². The zero-order valence-electron chi connectivity index (χ0n) is 15.3. The number of benzene rings is 1. The minimum Gasteiger partial charge on any atom is -0.335 e. The van der Waals surface area contributed by atoms with E-state index in [1.54, 1.807) is 4.90 Å². The van der Waals surface area contributed by atoms with E-state index in [1.165, 1.54) is 29.7 Å². The van der Waals surface area contributed by atoms with E-state index in [9.17, 15) is 4.79 Å². The molecule has 138 valence electrons. The topological polar surface area (TPSA) is 45.6 Å². The second kappa shape index (κ2) is 7.80. The summed E-state index contributed by atoms with van der Waals surface area (Å²) >= 11 is 1.87. The molecular weight excluding hydrogens is 342 g/mol. The summed E-state index contributed by atoms with van der Waals surface area (Å²) in [5.41, 5.74) is 2.05. The summed E-state index contributed by atoms with van der Waals surface area (Å²) < 4.78 is 0. The van der Waals surface area contributed by atoms with Gasteiger partial charge in [0, 0.05) is 24.6 Å². The number of carbonyl (C=O) groups excluding carboxylic acids is 1. The molecule has 3 N–H and O–H groups in total. The molecule has 2 atom stereocenters. The number of nitrogens with one attached hydrogen (secondary N) is 3. The Balaban J connectivity index is 1.34. The average Bonchev–Trinajstić information content (AvgIpc) is 3.11. The maximum atomic E-state index is 12.4. The first kappa shape index (κ1) is 17.6. The van der Waals surface area contributed by atoms with Gasteiger partial charge in [0.15, 0.2) is 0 Å². The van der Waals surface area contributed by atoms with Crippen molar-refractivity contribution in [2.24, 2.45) is 0 Å². The zero-order chi connectivity index (χ0) is 17.9. The number of fused-ring (bicyclic) bond motifs is 2. The van der Waals surface area contributed by atoms with Gasteiger partial charge in [-0.2, -0.15) is 0 Å². The van der Waals surface area contributed by atoms with E-state index in [4.69, 9.17) is 0 Å². The molecule has 0 spiro atoms. The molecule has 26 heavy (non-hydrogen) atoms. The van der Waals surface area contributed by atoms with Gasteiger partial charge < -0.3 is 15.5 Å². The number of aryl methyl sites for hydroxylation is 1. The number of hydrogen-bond donors (Lipinski definition) is 3. The monoisotopic (exact) mass is 370 g/mol. The van der Waals surface area contributed by atoms with Gasteiger partial charge in [-0.25, -0.2) is 4.79 Å². The van der Waals surface area contributed by atoms with E-state index in [0.29, 0.717) is 18.1 Å². The fraction of sp³-hybridized carbons (Fsp3) is 0.476. The first-order valence-electron chi connectivity index (χ1n) is 9.69. The highest BCUT2D eigenvalue weighted by Gasteiger charge is 2.42. The number of urea groups is 1. The van der Waals surface area contributed by atoms with Crippen molar-refractivity contribution in [3.63, 3.8) is 0 Å². The Labute approximate surface area is 159 Å². The van der Waals surface area contributed by atoms with Crippen LogP contribution in [-0.4, -0.2) is 24.2 Å². The molecule has 4 nitrogen and oxygen atoms in total. The van der Waals surface area contributed by atoms with E-state index in [0.717, 1.165) is 25.1 Å². The molecular formula is C21H28N3OS+.